The summed E-state index contributed by atoms with van der Waals surface area (Å²) < 4.78 is 5.11. The molecule has 0 saturated heterocycles. The van der Waals surface area contributed by atoms with Gasteiger partial charge in [0.2, 0.25) is 0 Å². The predicted molar refractivity (Wildman–Crippen MR) is 88.1 cm³/mol. The van der Waals surface area contributed by atoms with Crippen molar-refractivity contribution in [1.29, 1.82) is 0 Å². The van der Waals surface area contributed by atoms with Gasteiger partial charge in [-0.1, -0.05) is 47.5 Å². The molecule has 0 unspecified atom stereocenters. The van der Waals surface area contributed by atoms with Crippen molar-refractivity contribution in [1.82, 2.24) is 0 Å². The van der Waals surface area contributed by atoms with E-state index >= 15 is 0 Å². The predicted octanol–water partition coefficient (Wildman–Crippen LogP) is 4.31. The Morgan fingerprint density at radius 1 is 1.26 bits per heavy atom. The molecule has 0 fully saturated rings. The quantitative estimate of drug-likeness (QED) is 0.354. The van der Waals surface area contributed by atoms with Crippen molar-refractivity contribution in [3.63, 3.8) is 0 Å². The molecule has 0 aromatic heterocycles. The van der Waals surface area contributed by atoms with E-state index in [1.807, 2.05) is 31.2 Å². The van der Waals surface area contributed by atoms with Gasteiger partial charge < -0.3 is 4.74 Å². The van der Waals surface area contributed by atoms with Crippen LogP contribution in [0, 0.1) is 17.0 Å². The van der Waals surface area contributed by atoms with Crippen LogP contribution in [0.5, 0.6) is 0 Å². The molecule has 0 N–H and O–H groups in total. The summed E-state index contributed by atoms with van der Waals surface area (Å²) in [6.45, 7) is 2.15. The molecule has 23 heavy (non-hydrogen) atoms. The smallest absolute Gasteiger partial charge is 0.331 e. The Hall–Kier alpha value is -2.66. The van der Waals surface area contributed by atoms with E-state index in [-0.39, 0.29) is 17.3 Å². The number of hydrogen-bond acceptors (Lipinski definition) is 4. The Labute approximate surface area is 138 Å². The van der Waals surface area contributed by atoms with Crippen LogP contribution in [0.1, 0.15) is 16.7 Å². The number of nitro groups is 1. The minimum absolute atomic E-state index is 0.0501. The Morgan fingerprint density at radius 2 is 1.96 bits per heavy atom. The lowest BCUT2D eigenvalue weighted by Crippen LogP contribution is -2.00. The monoisotopic (exact) mass is 331 g/mol. The molecule has 0 amide bonds. The minimum Gasteiger partial charge on any atom is -0.458 e. The van der Waals surface area contributed by atoms with Gasteiger partial charge in [-0.2, -0.15) is 0 Å². The largest absolute Gasteiger partial charge is 0.458 e. The second-order valence-electron chi connectivity index (χ2n) is 4.89. The highest BCUT2D eigenvalue weighted by Crippen LogP contribution is 2.25. The molecule has 0 heterocycles. The average Bonchev–Trinajstić information content (AvgIpc) is 2.53. The van der Waals surface area contributed by atoms with Gasteiger partial charge in [-0.25, -0.2) is 4.79 Å². The normalized spacial score (nSPS) is 10.7. The Kier molecular flexibility index (Phi) is 5.49. The molecule has 0 spiro atoms. The Bertz CT molecular complexity index is 754. The van der Waals surface area contributed by atoms with Crippen LogP contribution in [-0.2, 0) is 16.1 Å². The van der Waals surface area contributed by atoms with Crippen LogP contribution in [0.25, 0.3) is 6.08 Å². The fourth-order valence-electron chi connectivity index (χ4n) is 1.82. The number of halogens is 1. The molecule has 0 aliphatic carbocycles. The van der Waals surface area contributed by atoms with E-state index in [4.69, 9.17) is 16.3 Å². The first-order chi connectivity index (χ1) is 11.0. The molecule has 118 valence electrons. The van der Waals surface area contributed by atoms with Crippen molar-refractivity contribution in [3.8, 4) is 0 Å². The van der Waals surface area contributed by atoms with Crippen molar-refractivity contribution < 1.29 is 14.5 Å². The van der Waals surface area contributed by atoms with E-state index in [9.17, 15) is 14.9 Å². The number of ether oxygens (including phenoxy) is 1. The fraction of sp³-hybridized carbons (Fsp3) is 0.118. The average molecular weight is 332 g/mol. The topological polar surface area (TPSA) is 69.4 Å². The summed E-state index contributed by atoms with van der Waals surface area (Å²) in [5, 5.41) is 10.9. The molecular formula is C17H14ClNO4. The number of rotatable bonds is 5. The summed E-state index contributed by atoms with van der Waals surface area (Å²) in [6, 6.07) is 11.9. The molecule has 0 radical (unpaired) electrons. The molecule has 2 aromatic carbocycles. The first-order valence-corrected chi connectivity index (χ1v) is 7.18. The summed E-state index contributed by atoms with van der Waals surface area (Å²) in [6.07, 6.45) is 2.67. The number of hydrogen-bond donors (Lipinski definition) is 0. The van der Waals surface area contributed by atoms with E-state index in [2.05, 4.69) is 0 Å². The van der Waals surface area contributed by atoms with Gasteiger partial charge in [-0.3, -0.25) is 10.1 Å². The lowest BCUT2D eigenvalue weighted by Gasteiger charge is -2.02. The number of benzene rings is 2. The number of carbonyl (C=O) groups is 1. The molecule has 6 heteroatoms. The summed E-state index contributed by atoms with van der Waals surface area (Å²) in [5.41, 5.74) is 2.30. The van der Waals surface area contributed by atoms with Gasteiger partial charge in [0.1, 0.15) is 11.6 Å². The van der Waals surface area contributed by atoms with Crippen molar-refractivity contribution in [2.45, 2.75) is 13.5 Å². The van der Waals surface area contributed by atoms with Crippen LogP contribution in [-0.4, -0.2) is 10.9 Å². The molecular weight excluding hydrogens is 318 g/mol. The fourth-order valence-corrected chi connectivity index (χ4v) is 2.01. The summed E-state index contributed by atoms with van der Waals surface area (Å²) >= 11 is 5.73. The number of nitro benzene ring substituents is 1. The van der Waals surface area contributed by atoms with Crippen molar-refractivity contribution in [2.24, 2.45) is 0 Å². The molecule has 2 rings (SSSR count). The van der Waals surface area contributed by atoms with Crippen LogP contribution < -0.4 is 0 Å². The summed E-state index contributed by atoms with van der Waals surface area (Å²) in [7, 11) is 0. The maximum atomic E-state index is 11.7. The van der Waals surface area contributed by atoms with Crippen molar-refractivity contribution in [3.05, 3.63) is 80.4 Å². The third-order valence-corrected chi connectivity index (χ3v) is 3.40. The zero-order valence-corrected chi connectivity index (χ0v) is 13.1. The lowest BCUT2D eigenvalue weighted by atomic mass is 10.2. The molecule has 0 aliphatic rings. The van der Waals surface area contributed by atoms with Gasteiger partial charge in [0.15, 0.2) is 0 Å². The molecule has 0 saturated carbocycles. The van der Waals surface area contributed by atoms with Gasteiger partial charge in [0, 0.05) is 12.1 Å². The van der Waals surface area contributed by atoms with E-state index < -0.39 is 10.9 Å². The SMILES string of the molecule is Cc1ccc(COC(=O)/C=C/c2ccc(Cl)c([N+](=O)[O-])c2)cc1. The molecule has 0 atom stereocenters. The molecule has 0 aliphatic heterocycles. The van der Waals surface area contributed by atoms with E-state index in [0.29, 0.717) is 5.56 Å². The van der Waals surface area contributed by atoms with Crippen molar-refractivity contribution in [2.75, 3.05) is 0 Å². The minimum atomic E-state index is -0.574. The van der Waals surface area contributed by atoms with Gasteiger partial charge in [-0.05, 0) is 30.2 Å². The number of esters is 1. The van der Waals surface area contributed by atoms with Crippen LogP contribution >= 0.6 is 11.6 Å². The third kappa shape index (κ3) is 4.93. The standard InChI is InChI=1S/C17H14ClNO4/c1-12-2-4-14(5-3-12)11-23-17(20)9-7-13-6-8-15(18)16(10-13)19(21)22/h2-10H,11H2,1H3/b9-7+. The Morgan fingerprint density at radius 3 is 2.61 bits per heavy atom. The highest BCUT2D eigenvalue weighted by molar-refractivity contribution is 6.32. The molecule has 5 nitrogen and oxygen atoms in total. The van der Waals surface area contributed by atoms with E-state index in [1.54, 1.807) is 6.07 Å². The number of carbonyl (C=O) groups excluding carboxylic acids is 1. The highest BCUT2D eigenvalue weighted by Gasteiger charge is 2.11. The Balaban J connectivity index is 1.97. The zero-order chi connectivity index (χ0) is 16.8. The zero-order valence-electron chi connectivity index (χ0n) is 12.4. The number of aryl methyl sites for hydroxylation is 1. The highest BCUT2D eigenvalue weighted by atomic mass is 35.5. The second kappa shape index (κ2) is 7.56. The van der Waals surface area contributed by atoms with Gasteiger partial charge >= 0.3 is 5.97 Å². The lowest BCUT2D eigenvalue weighted by molar-refractivity contribution is -0.384. The van der Waals surface area contributed by atoms with Gasteiger partial charge in [0.25, 0.3) is 5.69 Å². The van der Waals surface area contributed by atoms with Crippen molar-refractivity contribution >= 4 is 29.3 Å². The third-order valence-electron chi connectivity index (χ3n) is 3.08. The van der Waals surface area contributed by atoms with E-state index in [1.165, 1.54) is 24.3 Å². The maximum Gasteiger partial charge on any atom is 0.331 e. The van der Waals surface area contributed by atoms with Gasteiger partial charge in [-0.15, -0.1) is 0 Å². The molecule has 0 bridgehead atoms. The summed E-state index contributed by atoms with van der Waals surface area (Å²) in [4.78, 5) is 21.9. The van der Waals surface area contributed by atoms with Crippen LogP contribution in [0.15, 0.2) is 48.5 Å². The number of nitrogens with zero attached hydrogens (tertiary/aromatic N) is 1. The molecule has 2 aromatic rings. The van der Waals surface area contributed by atoms with Crippen LogP contribution in [0.4, 0.5) is 5.69 Å². The maximum absolute atomic E-state index is 11.7. The summed E-state index contributed by atoms with van der Waals surface area (Å²) in [5.74, 6) is -0.525. The second-order valence-corrected chi connectivity index (χ2v) is 5.30. The van der Waals surface area contributed by atoms with Gasteiger partial charge in [0.05, 0.1) is 4.92 Å². The first-order valence-electron chi connectivity index (χ1n) is 6.80. The first kappa shape index (κ1) is 16.7. The van der Waals surface area contributed by atoms with E-state index in [0.717, 1.165) is 11.1 Å². The van der Waals surface area contributed by atoms with Crippen LogP contribution in [0.2, 0.25) is 5.02 Å². The van der Waals surface area contributed by atoms with Crippen LogP contribution in [0.3, 0.4) is 0 Å².